The fourth-order valence-electron chi connectivity index (χ4n) is 5.50. The fourth-order valence-corrected chi connectivity index (χ4v) is 5.50. The Hall–Kier alpha value is -3.30. The number of likely N-dealkylation sites (tertiary alicyclic amines) is 1. The van der Waals surface area contributed by atoms with E-state index in [2.05, 4.69) is 6.92 Å². The number of carbonyl (C=O) groups is 2. The van der Waals surface area contributed by atoms with Gasteiger partial charge in [0.25, 0.3) is 0 Å². The van der Waals surface area contributed by atoms with E-state index in [9.17, 15) is 14.7 Å². The molecule has 0 radical (unpaired) electrons. The minimum Gasteiger partial charge on any atom is -0.497 e. The minimum absolute atomic E-state index is 0.0180. The van der Waals surface area contributed by atoms with Crippen molar-refractivity contribution in [3.63, 3.8) is 0 Å². The minimum atomic E-state index is -0.894. The molecule has 38 heavy (non-hydrogen) atoms. The van der Waals surface area contributed by atoms with Gasteiger partial charge in [0.05, 0.1) is 19.6 Å². The first-order chi connectivity index (χ1) is 18.5. The monoisotopic (exact) mass is 525 g/mol. The Kier molecular flexibility index (Phi) is 9.47. The summed E-state index contributed by atoms with van der Waals surface area (Å²) in [4.78, 5) is 30.3. The molecule has 0 spiro atoms. The van der Waals surface area contributed by atoms with Crippen LogP contribution in [0.5, 0.6) is 17.2 Å². The Balaban J connectivity index is 1.65. The van der Waals surface area contributed by atoms with Crippen LogP contribution in [0.4, 0.5) is 0 Å². The van der Waals surface area contributed by atoms with Crippen molar-refractivity contribution in [2.45, 2.75) is 44.6 Å². The number of nitrogens with zero attached hydrogens (tertiary/aromatic N) is 2. The number of ether oxygens (including phenoxy) is 3. The lowest BCUT2D eigenvalue weighted by atomic mass is 9.82. The third kappa shape index (κ3) is 6.22. The smallest absolute Gasteiger partial charge is 0.309 e. The Morgan fingerprint density at radius 1 is 1.05 bits per heavy atom. The van der Waals surface area contributed by atoms with Crippen LogP contribution >= 0.6 is 0 Å². The summed E-state index contributed by atoms with van der Waals surface area (Å²) in [6.07, 6.45) is 3.63. The van der Waals surface area contributed by atoms with Gasteiger partial charge in [0, 0.05) is 31.6 Å². The highest BCUT2D eigenvalue weighted by Gasteiger charge is 2.48. The predicted molar refractivity (Wildman–Crippen MR) is 144 cm³/mol. The molecule has 3 unspecified atom stereocenters. The molecule has 2 heterocycles. The summed E-state index contributed by atoms with van der Waals surface area (Å²) in [5, 5.41) is 10.5. The average molecular weight is 526 g/mol. The van der Waals surface area contributed by atoms with E-state index in [4.69, 9.17) is 19.9 Å². The molecule has 0 aliphatic carbocycles. The largest absolute Gasteiger partial charge is 0.497 e. The molecule has 4 rings (SSSR count). The molecule has 0 bridgehead atoms. The normalized spacial score (nSPS) is 20.4. The molecule has 9 nitrogen and oxygen atoms in total. The molecule has 0 aromatic heterocycles. The molecule has 3 N–H and O–H groups in total. The molecule has 3 atom stereocenters. The Morgan fingerprint density at radius 3 is 2.45 bits per heavy atom. The van der Waals surface area contributed by atoms with Crippen LogP contribution in [-0.2, 0) is 9.59 Å². The molecular weight excluding hydrogens is 486 g/mol. The number of rotatable bonds is 13. The summed E-state index contributed by atoms with van der Waals surface area (Å²) in [7, 11) is 1.60. The van der Waals surface area contributed by atoms with E-state index >= 15 is 0 Å². The second-order valence-electron chi connectivity index (χ2n) is 9.96. The van der Waals surface area contributed by atoms with Gasteiger partial charge >= 0.3 is 5.97 Å². The van der Waals surface area contributed by atoms with Crippen molar-refractivity contribution in [2.24, 2.45) is 11.7 Å². The Labute approximate surface area is 224 Å². The van der Waals surface area contributed by atoms with Crippen LogP contribution in [-0.4, -0.2) is 73.4 Å². The number of carboxylic acids is 1. The van der Waals surface area contributed by atoms with Crippen LogP contribution in [0, 0.1) is 5.92 Å². The lowest BCUT2D eigenvalue weighted by Gasteiger charge is -2.30. The summed E-state index contributed by atoms with van der Waals surface area (Å²) in [6, 6.07) is 12.6. The van der Waals surface area contributed by atoms with Crippen molar-refractivity contribution in [1.29, 1.82) is 0 Å². The van der Waals surface area contributed by atoms with Gasteiger partial charge in [-0.3, -0.25) is 14.5 Å². The van der Waals surface area contributed by atoms with E-state index in [0.717, 1.165) is 36.8 Å². The molecule has 2 aromatic carbocycles. The van der Waals surface area contributed by atoms with Crippen LogP contribution in [0.3, 0.4) is 0 Å². The Morgan fingerprint density at radius 2 is 1.76 bits per heavy atom. The fraction of sp³-hybridized carbons (Fsp3) is 0.517. The van der Waals surface area contributed by atoms with Gasteiger partial charge in [-0.15, -0.1) is 0 Å². The first kappa shape index (κ1) is 27.7. The molecule has 2 aliphatic rings. The van der Waals surface area contributed by atoms with Crippen molar-refractivity contribution >= 4 is 11.9 Å². The van der Waals surface area contributed by atoms with Crippen molar-refractivity contribution in [3.05, 3.63) is 53.6 Å². The van der Waals surface area contributed by atoms with E-state index in [-0.39, 0.29) is 25.2 Å². The molecule has 1 fully saturated rings. The molecule has 9 heteroatoms. The van der Waals surface area contributed by atoms with Crippen molar-refractivity contribution in [3.8, 4) is 17.2 Å². The number of carboxylic acid groups (broad SMARTS) is 1. The first-order valence-electron chi connectivity index (χ1n) is 13.4. The summed E-state index contributed by atoms with van der Waals surface area (Å²) >= 11 is 0. The number of amides is 1. The standard InChI is InChI=1S/C29H39N3O6/c1-3-4-14-31(15-6-5-13-30)26(33)18-32-17-23(21-9-12-24-25(16-21)38-19-37-24)27(29(34)35)28(32)20-7-10-22(36-2)11-8-20/h7-12,16,23,27-28H,3-6,13-15,17-19,30H2,1-2H3,(H,34,35). The molecule has 2 aliphatic heterocycles. The maximum absolute atomic E-state index is 13.6. The van der Waals surface area contributed by atoms with Gasteiger partial charge < -0.3 is 30.0 Å². The molecule has 1 amide bonds. The number of hydrogen-bond acceptors (Lipinski definition) is 7. The lowest BCUT2D eigenvalue weighted by Crippen LogP contribution is -2.42. The van der Waals surface area contributed by atoms with Gasteiger partial charge in [-0.25, -0.2) is 0 Å². The van der Waals surface area contributed by atoms with Gasteiger partial charge in [-0.05, 0) is 61.2 Å². The number of nitrogens with two attached hydrogens (primary N) is 1. The van der Waals surface area contributed by atoms with Crippen molar-refractivity contribution in [2.75, 3.05) is 46.6 Å². The van der Waals surface area contributed by atoms with Gasteiger partial charge in [-0.1, -0.05) is 31.5 Å². The number of unbranched alkanes of at least 4 members (excludes halogenated alkanes) is 2. The first-order valence-corrected chi connectivity index (χ1v) is 13.4. The topological polar surface area (TPSA) is 115 Å². The highest BCUT2D eigenvalue weighted by molar-refractivity contribution is 5.79. The molecule has 2 aromatic rings. The number of methoxy groups -OCH3 is 1. The van der Waals surface area contributed by atoms with Gasteiger partial charge in [0.2, 0.25) is 12.7 Å². The third-order valence-electron chi connectivity index (χ3n) is 7.52. The number of carbonyl (C=O) groups excluding carboxylic acids is 1. The number of benzene rings is 2. The van der Waals surface area contributed by atoms with Gasteiger partial charge in [-0.2, -0.15) is 0 Å². The van der Waals surface area contributed by atoms with E-state index in [1.165, 1.54) is 0 Å². The van der Waals surface area contributed by atoms with Crippen LogP contribution in [0.2, 0.25) is 0 Å². The molecule has 1 saturated heterocycles. The highest BCUT2D eigenvalue weighted by Crippen LogP contribution is 2.47. The van der Waals surface area contributed by atoms with Gasteiger partial charge in [0.15, 0.2) is 11.5 Å². The lowest BCUT2D eigenvalue weighted by molar-refractivity contribution is -0.144. The second-order valence-corrected chi connectivity index (χ2v) is 9.96. The SMILES string of the molecule is CCCCN(CCCCN)C(=O)CN1CC(c2ccc3c(c2)OCO3)C(C(=O)O)C1c1ccc(OC)cc1. The highest BCUT2D eigenvalue weighted by atomic mass is 16.7. The maximum atomic E-state index is 13.6. The Bertz CT molecular complexity index is 1090. The van der Waals surface area contributed by atoms with Gasteiger partial charge in [0.1, 0.15) is 5.75 Å². The van der Waals surface area contributed by atoms with Crippen molar-refractivity contribution < 1.29 is 28.9 Å². The average Bonchev–Trinajstić information content (AvgIpc) is 3.55. The van der Waals surface area contributed by atoms with E-state index in [1.54, 1.807) is 7.11 Å². The van der Waals surface area contributed by atoms with E-state index in [0.29, 0.717) is 43.4 Å². The summed E-state index contributed by atoms with van der Waals surface area (Å²) < 4.78 is 16.3. The maximum Gasteiger partial charge on any atom is 0.309 e. The molecular formula is C29H39N3O6. The molecule has 0 saturated carbocycles. The van der Waals surface area contributed by atoms with E-state index in [1.807, 2.05) is 52.3 Å². The second kappa shape index (κ2) is 13.0. The van der Waals surface area contributed by atoms with Crippen LogP contribution in [0.15, 0.2) is 42.5 Å². The number of aliphatic carboxylic acids is 1. The number of hydrogen-bond donors (Lipinski definition) is 2. The number of fused-ring (bicyclic) bond motifs is 1. The zero-order valence-electron chi connectivity index (χ0n) is 22.3. The zero-order valence-corrected chi connectivity index (χ0v) is 22.3. The predicted octanol–water partition coefficient (Wildman–Crippen LogP) is 3.63. The summed E-state index contributed by atoms with van der Waals surface area (Å²) in [5.74, 6) is 0.00763. The van der Waals surface area contributed by atoms with Crippen LogP contribution < -0.4 is 19.9 Å². The van der Waals surface area contributed by atoms with Crippen LogP contribution in [0.25, 0.3) is 0 Å². The molecule has 206 valence electrons. The van der Waals surface area contributed by atoms with Crippen LogP contribution in [0.1, 0.15) is 55.7 Å². The quantitative estimate of drug-likeness (QED) is 0.381. The summed E-state index contributed by atoms with van der Waals surface area (Å²) in [5.41, 5.74) is 7.39. The van der Waals surface area contributed by atoms with E-state index < -0.39 is 17.9 Å². The third-order valence-corrected chi connectivity index (χ3v) is 7.52. The summed E-state index contributed by atoms with van der Waals surface area (Å²) in [6.45, 7) is 4.78. The zero-order chi connectivity index (χ0) is 27.1. The van der Waals surface area contributed by atoms with Crippen molar-refractivity contribution in [1.82, 2.24) is 9.80 Å².